The minimum atomic E-state index is 0.567. The number of nitrogens with one attached hydrogen (secondary N) is 1. The Kier molecular flexibility index (Phi) is 4.61. The standard InChI is InChI=1S/C10H18N2O.C2H6/c1-8(11)2-3-12-9-4-10(5-9)6-13-7-10;1-2/h9,12H,1-7,11H2;1-2H3. The maximum absolute atomic E-state index is 5.47. The first-order valence-electron chi connectivity index (χ1n) is 5.95. The summed E-state index contributed by atoms with van der Waals surface area (Å²) in [4.78, 5) is 0. The third-order valence-electron chi connectivity index (χ3n) is 3.05. The van der Waals surface area contributed by atoms with Crippen LogP contribution in [0.1, 0.15) is 33.1 Å². The highest BCUT2D eigenvalue weighted by Gasteiger charge is 2.49. The van der Waals surface area contributed by atoms with Gasteiger partial charge in [0.15, 0.2) is 0 Å². The van der Waals surface area contributed by atoms with Gasteiger partial charge in [-0.2, -0.15) is 0 Å². The van der Waals surface area contributed by atoms with E-state index in [1.807, 2.05) is 13.8 Å². The van der Waals surface area contributed by atoms with Gasteiger partial charge in [-0.3, -0.25) is 0 Å². The van der Waals surface area contributed by atoms with Crippen LogP contribution in [0.3, 0.4) is 0 Å². The van der Waals surface area contributed by atoms with Gasteiger partial charge in [0.05, 0.1) is 13.2 Å². The number of hydrogen-bond acceptors (Lipinski definition) is 3. The van der Waals surface area contributed by atoms with E-state index in [2.05, 4.69) is 11.9 Å². The summed E-state index contributed by atoms with van der Waals surface area (Å²) in [5.74, 6) is 0. The first kappa shape index (κ1) is 12.5. The minimum Gasteiger partial charge on any atom is -0.402 e. The normalized spacial score (nSPS) is 22.3. The van der Waals surface area contributed by atoms with E-state index in [0.717, 1.165) is 31.9 Å². The van der Waals surface area contributed by atoms with Crippen molar-refractivity contribution in [3.8, 4) is 0 Å². The molecule has 0 amide bonds. The lowest BCUT2D eigenvalue weighted by Crippen LogP contribution is -2.58. The molecule has 3 heteroatoms. The van der Waals surface area contributed by atoms with E-state index in [0.29, 0.717) is 11.5 Å². The predicted octanol–water partition coefficient (Wildman–Crippen LogP) is 1.64. The number of nitrogens with two attached hydrogens (primary N) is 1. The minimum absolute atomic E-state index is 0.567. The van der Waals surface area contributed by atoms with Crippen LogP contribution in [0.15, 0.2) is 12.3 Å². The van der Waals surface area contributed by atoms with E-state index >= 15 is 0 Å². The van der Waals surface area contributed by atoms with Crippen LogP contribution >= 0.6 is 0 Å². The van der Waals surface area contributed by atoms with Gasteiger partial charge in [0.1, 0.15) is 0 Å². The maximum atomic E-state index is 5.47. The van der Waals surface area contributed by atoms with Crippen molar-refractivity contribution in [1.29, 1.82) is 0 Å². The zero-order valence-electron chi connectivity index (χ0n) is 10.0. The second-order valence-electron chi connectivity index (χ2n) is 4.46. The molecule has 1 spiro atoms. The number of hydrogen-bond donors (Lipinski definition) is 2. The second kappa shape index (κ2) is 5.52. The Morgan fingerprint density at radius 1 is 1.47 bits per heavy atom. The van der Waals surface area contributed by atoms with Gasteiger partial charge >= 0.3 is 0 Å². The number of rotatable bonds is 4. The first-order chi connectivity index (χ1) is 7.20. The van der Waals surface area contributed by atoms with Gasteiger partial charge in [0, 0.05) is 23.7 Å². The molecule has 15 heavy (non-hydrogen) atoms. The Labute approximate surface area is 93.1 Å². The average molecular weight is 212 g/mol. The van der Waals surface area contributed by atoms with Crippen molar-refractivity contribution in [3.63, 3.8) is 0 Å². The van der Waals surface area contributed by atoms with Crippen molar-refractivity contribution >= 4 is 0 Å². The van der Waals surface area contributed by atoms with E-state index in [1.165, 1.54) is 12.8 Å². The Morgan fingerprint density at radius 2 is 2.07 bits per heavy atom. The Bertz CT molecular complexity index is 204. The molecule has 0 bridgehead atoms. The molecule has 1 aliphatic carbocycles. The summed E-state index contributed by atoms with van der Waals surface area (Å²) in [5.41, 5.74) is 6.81. The van der Waals surface area contributed by atoms with E-state index in [9.17, 15) is 0 Å². The molecule has 1 saturated carbocycles. The Balaban J connectivity index is 0.000000531. The maximum Gasteiger partial charge on any atom is 0.0545 e. The SMILES string of the molecule is C=C(N)CCNC1CC2(COC2)C1.CC. The van der Waals surface area contributed by atoms with Crippen LogP contribution in [0.4, 0.5) is 0 Å². The lowest BCUT2D eigenvalue weighted by molar-refractivity contribution is -0.167. The van der Waals surface area contributed by atoms with Crippen molar-refractivity contribution in [2.45, 2.75) is 39.2 Å². The average Bonchev–Trinajstić information content (AvgIpc) is 2.09. The van der Waals surface area contributed by atoms with Gasteiger partial charge in [-0.1, -0.05) is 20.4 Å². The summed E-state index contributed by atoms with van der Waals surface area (Å²) in [5, 5.41) is 3.48. The highest BCUT2D eigenvalue weighted by Crippen LogP contribution is 2.46. The number of ether oxygens (including phenoxy) is 1. The molecule has 1 saturated heterocycles. The van der Waals surface area contributed by atoms with Gasteiger partial charge in [-0.25, -0.2) is 0 Å². The highest BCUT2D eigenvalue weighted by molar-refractivity contribution is 5.01. The monoisotopic (exact) mass is 212 g/mol. The lowest BCUT2D eigenvalue weighted by atomic mass is 9.64. The third kappa shape index (κ3) is 3.21. The molecule has 3 nitrogen and oxygen atoms in total. The van der Waals surface area contributed by atoms with Crippen LogP contribution < -0.4 is 11.1 Å². The molecule has 1 aliphatic heterocycles. The molecule has 0 atom stereocenters. The van der Waals surface area contributed by atoms with Crippen molar-refractivity contribution in [1.82, 2.24) is 5.32 Å². The largest absolute Gasteiger partial charge is 0.402 e. The lowest BCUT2D eigenvalue weighted by Gasteiger charge is -2.53. The topological polar surface area (TPSA) is 47.3 Å². The smallest absolute Gasteiger partial charge is 0.0545 e. The van der Waals surface area contributed by atoms with Crippen LogP contribution in [0.25, 0.3) is 0 Å². The zero-order chi connectivity index (χ0) is 11.3. The molecule has 0 radical (unpaired) electrons. The summed E-state index contributed by atoms with van der Waals surface area (Å²) in [7, 11) is 0. The fourth-order valence-electron chi connectivity index (χ4n) is 2.19. The summed E-state index contributed by atoms with van der Waals surface area (Å²) < 4.78 is 5.21. The van der Waals surface area contributed by atoms with Crippen molar-refractivity contribution < 1.29 is 4.74 Å². The van der Waals surface area contributed by atoms with Gasteiger partial charge in [-0.05, 0) is 19.3 Å². The van der Waals surface area contributed by atoms with Gasteiger partial charge in [-0.15, -0.1) is 0 Å². The molecular formula is C12H24N2O. The quantitative estimate of drug-likeness (QED) is 0.745. The van der Waals surface area contributed by atoms with Gasteiger partial charge in [0.25, 0.3) is 0 Å². The van der Waals surface area contributed by atoms with Crippen LogP contribution in [0.5, 0.6) is 0 Å². The van der Waals surface area contributed by atoms with Crippen LogP contribution in [-0.2, 0) is 4.74 Å². The zero-order valence-corrected chi connectivity index (χ0v) is 10.0. The molecule has 0 aromatic rings. The summed E-state index contributed by atoms with van der Waals surface area (Å²) >= 11 is 0. The van der Waals surface area contributed by atoms with E-state index < -0.39 is 0 Å². The third-order valence-corrected chi connectivity index (χ3v) is 3.05. The molecule has 2 rings (SSSR count). The summed E-state index contributed by atoms with van der Waals surface area (Å²) in [6, 6.07) is 0.697. The van der Waals surface area contributed by atoms with Crippen molar-refractivity contribution in [2.75, 3.05) is 19.8 Å². The highest BCUT2D eigenvalue weighted by atomic mass is 16.5. The Morgan fingerprint density at radius 3 is 2.47 bits per heavy atom. The van der Waals surface area contributed by atoms with E-state index in [-0.39, 0.29) is 0 Å². The molecule has 3 N–H and O–H groups in total. The van der Waals surface area contributed by atoms with Gasteiger partial charge in [0.2, 0.25) is 0 Å². The molecular weight excluding hydrogens is 188 g/mol. The predicted molar refractivity (Wildman–Crippen MR) is 63.6 cm³/mol. The second-order valence-corrected chi connectivity index (χ2v) is 4.46. The first-order valence-corrected chi connectivity index (χ1v) is 5.95. The van der Waals surface area contributed by atoms with Crippen LogP contribution in [0.2, 0.25) is 0 Å². The van der Waals surface area contributed by atoms with Crippen LogP contribution in [-0.4, -0.2) is 25.8 Å². The molecule has 2 fully saturated rings. The van der Waals surface area contributed by atoms with Crippen molar-refractivity contribution in [2.24, 2.45) is 11.1 Å². The van der Waals surface area contributed by atoms with Crippen molar-refractivity contribution in [3.05, 3.63) is 12.3 Å². The Hall–Kier alpha value is -0.540. The molecule has 88 valence electrons. The molecule has 0 aromatic heterocycles. The summed E-state index contributed by atoms with van der Waals surface area (Å²) in [6.45, 7) is 10.6. The van der Waals surface area contributed by atoms with Crippen LogP contribution in [0, 0.1) is 5.41 Å². The fraction of sp³-hybridized carbons (Fsp3) is 0.833. The molecule has 0 aromatic carbocycles. The molecule has 0 unspecified atom stereocenters. The summed E-state index contributed by atoms with van der Waals surface area (Å²) in [6.07, 6.45) is 3.45. The molecule has 2 aliphatic rings. The van der Waals surface area contributed by atoms with E-state index in [1.54, 1.807) is 0 Å². The van der Waals surface area contributed by atoms with Gasteiger partial charge < -0.3 is 15.8 Å². The fourth-order valence-corrected chi connectivity index (χ4v) is 2.19. The van der Waals surface area contributed by atoms with E-state index in [4.69, 9.17) is 10.5 Å². The molecule has 1 heterocycles.